The molecule has 0 radical (unpaired) electrons. The normalized spacial score (nSPS) is 28.6. The molecule has 0 aliphatic heterocycles. The van der Waals surface area contributed by atoms with Crippen LogP contribution in [0.5, 0.6) is 0 Å². The number of nitrogens with zero attached hydrogens (tertiary/aromatic N) is 2. The van der Waals surface area contributed by atoms with E-state index in [1.54, 1.807) is 18.3 Å². The summed E-state index contributed by atoms with van der Waals surface area (Å²) in [6, 6.07) is 16.0. The molecule has 1 N–H and O–H groups in total. The van der Waals surface area contributed by atoms with Crippen molar-refractivity contribution in [1.82, 2.24) is 9.78 Å². The first-order valence-corrected chi connectivity index (χ1v) is 12.1. The van der Waals surface area contributed by atoms with Gasteiger partial charge in [-0.05, 0) is 111 Å². The number of aromatic amines is 1. The van der Waals surface area contributed by atoms with Gasteiger partial charge in [0.25, 0.3) is 5.56 Å². The summed E-state index contributed by atoms with van der Waals surface area (Å²) in [5.41, 5.74) is 4.79. The summed E-state index contributed by atoms with van der Waals surface area (Å²) < 4.78 is 1.53. The van der Waals surface area contributed by atoms with Gasteiger partial charge in [-0.25, -0.2) is 4.68 Å². The third kappa shape index (κ3) is 3.36. The Morgan fingerprint density at radius 1 is 0.969 bits per heavy atom. The van der Waals surface area contributed by atoms with Crippen LogP contribution in [0.2, 0.25) is 5.02 Å². The molecule has 1 aromatic heterocycles. The fraction of sp³-hybridized carbons (Fsp3) is 0.407. The molecule has 4 fully saturated rings. The predicted molar refractivity (Wildman–Crippen MR) is 130 cm³/mol. The second-order valence-electron chi connectivity index (χ2n) is 10.3. The molecule has 1 heterocycles. The van der Waals surface area contributed by atoms with Crippen molar-refractivity contribution in [2.75, 3.05) is 0 Å². The quantitative estimate of drug-likeness (QED) is 0.467. The molecule has 164 valence electrons. The number of aliphatic imine (C=N–C) groups is 1. The third-order valence-corrected chi connectivity index (χ3v) is 8.31. The van der Waals surface area contributed by atoms with Crippen molar-refractivity contribution in [3.05, 3.63) is 80.7 Å². The van der Waals surface area contributed by atoms with E-state index in [1.165, 1.54) is 48.8 Å². The molecule has 0 unspecified atom stereocenters. The van der Waals surface area contributed by atoms with E-state index in [0.29, 0.717) is 16.0 Å². The first-order chi connectivity index (χ1) is 15.5. The highest BCUT2D eigenvalue weighted by Gasteiger charge is 2.51. The van der Waals surface area contributed by atoms with Crippen molar-refractivity contribution in [3.8, 4) is 5.69 Å². The topological polar surface area (TPSA) is 50.1 Å². The van der Waals surface area contributed by atoms with Crippen LogP contribution in [0.15, 0.2) is 58.3 Å². The monoisotopic (exact) mass is 445 g/mol. The molecular weight excluding hydrogens is 418 g/mol. The molecule has 4 aliphatic carbocycles. The molecule has 4 aliphatic rings. The van der Waals surface area contributed by atoms with Crippen LogP contribution >= 0.6 is 11.6 Å². The van der Waals surface area contributed by atoms with E-state index in [1.807, 2.05) is 19.1 Å². The molecule has 0 saturated heterocycles. The summed E-state index contributed by atoms with van der Waals surface area (Å²) in [5.74, 6) is 2.83. The van der Waals surface area contributed by atoms with Crippen molar-refractivity contribution in [2.24, 2.45) is 22.7 Å². The SMILES string of the molecule is Cc1[nH]n(-c2ccc(Cl)cc2)c(=O)c1C=Nc1ccc(C23CC4CC(CC(C4)C2)C3)cc1. The van der Waals surface area contributed by atoms with Crippen LogP contribution in [0.25, 0.3) is 5.69 Å². The Bertz CT molecular complexity index is 1200. The Kier molecular flexibility index (Phi) is 4.69. The zero-order valence-corrected chi connectivity index (χ0v) is 19.1. The molecule has 32 heavy (non-hydrogen) atoms. The van der Waals surface area contributed by atoms with E-state index in [9.17, 15) is 4.79 Å². The van der Waals surface area contributed by atoms with Crippen molar-refractivity contribution in [3.63, 3.8) is 0 Å². The number of benzene rings is 2. The average molecular weight is 446 g/mol. The summed E-state index contributed by atoms with van der Waals surface area (Å²) >= 11 is 5.97. The van der Waals surface area contributed by atoms with E-state index in [-0.39, 0.29) is 5.56 Å². The van der Waals surface area contributed by atoms with Crippen molar-refractivity contribution in [2.45, 2.75) is 50.9 Å². The zero-order chi connectivity index (χ0) is 21.9. The Labute approximate surface area is 193 Å². The van der Waals surface area contributed by atoms with Crippen molar-refractivity contribution in [1.29, 1.82) is 0 Å². The summed E-state index contributed by atoms with van der Waals surface area (Å²) in [6.07, 6.45) is 10.2. The first kappa shape index (κ1) is 20.0. The lowest BCUT2D eigenvalue weighted by Gasteiger charge is -2.57. The van der Waals surface area contributed by atoms with E-state index in [4.69, 9.17) is 11.6 Å². The summed E-state index contributed by atoms with van der Waals surface area (Å²) in [7, 11) is 0. The molecular formula is C27H28ClN3O. The zero-order valence-electron chi connectivity index (χ0n) is 18.4. The van der Waals surface area contributed by atoms with E-state index in [0.717, 1.165) is 34.8 Å². The van der Waals surface area contributed by atoms with Gasteiger partial charge < -0.3 is 0 Å². The minimum Gasteiger partial charge on any atom is -0.295 e. The predicted octanol–water partition coefficient (Wildman–Crippen LogP) is 6.35. The van der Waals surface area contributed by atoms with Gasteiger partial charge in [0.2, 0.25) is 0 Å². The number of H-pyrrole nitrogens is 1. The Balaban J connectivity index is 1.24. The van der Waals surface area contributed by atoms with Crippen molar-refractivity contribution < 1.29 is 0 Å². The molecule has 4 saturated carbocycles. The molecule has 2 aromatic carbocycles. The highest BCUT2D eigenvalue weighted by molar-refractivity contribution is 6.30. The third-order valence-electron chi connectivity index (χ3n) is 8.06. The molecule has 0 atom stereocenters. The van der Waals surface area contributed by atoms with Gasteiger partial charge in [0.05, 0.1) is 16.9 Å². The fourth-order valence-electron chi connectivity index (χ4n) is 6.99. The van der Waals surface area contributed by atoms with Gasteiger partial charge >= 0.3 is 0 Å². The molecule has 3 aromatic rings. The highest BCUT2D eigenvalue weighted by atomic mass is 35.5. The standard InChI is InChI=1S/C27H28ClN3O/c1-17-25(26(32)31(30-17)24-8-4-22(28)5-9-24)16-29-23-6-2-21(3-7-23)27-13-18-10-19(14-27)12-20(11-18)15-27/h2-9,16,18-20,30H,10-15H2,1H3. The molecule has 0 amide bonds. The first-order valence-electron chi connectivity index (χ1n) is 11.7. The lowest BCUT2D eigenvalue weighted by atomic mass is 9.48. The average Bonchev–Trinajstić information content (AvgIpc) is 3.05. The smallest absolute Gasteiger partial charge is 0.280 e. The van der Waals surface area contributed by atoms with Crippen LogP contribution in [-0.2, 0) is 5.41 Å². The fourth-order valence-corrected chi connectivity index (χ4v) is 7.11. The second-order valence-corrected chi connectivity index (χ2v) is 10.7. The summed E-state index contributed by atoms with van der Waals surface area (Å²) in [6.45, 7) is 1.89. The van der Waals surface area contributed by atoms with Gasteiger partial charge in [0, 0.05) is 16.9 Å². The lowest BCUT2D eigenvalue weighted by Crippen LogP contribution is -2.48. The number of halogens is 1. The summed E-state index contributed by atoms with van der Waals surface area (Å²) in [5, 5.41) is 3.78. The molecule has 7 rings (SSSR count). The van der Waals surface area contributed by atoms with Gasteiger partial charge in [0.1, 0.15) is 0 Å². The Hall–Kier alpha value is -2.59. The Morgan fingerprint density at radius 2 is 1.56 bits per heavy atom. The largest absolute Gasteiger partial charge is 0.295 e. The second kappa shape index (κ2) is 7.48. The van der Waals surface area contributed by atoms with Gasteiger partial charge in [-0.3, -0.25) is 14.9 Å². The molecule has 0 spiro atoms. The van der Waals surface area contributed by atoms with Crippen LogP contribution in [0.4, 0.5) is 5.69 Å². The van der Waals surface area contributed by atoms with E-state index < -0.39 is 0 Å². The Morgan fingerprint density at radius 3 is 2.16 bits per heavy atom. The van der Waals surface area contributed by atoms with Crippen LogP contribution in [0, 0.1) is 24.7 Å². The maximum Gasteiger partial charge on any atom is 0.280 e. The maximum absolute atomic E-state index is 12.9. The minimum absolute atomic E-state index is 0.112. The van der Waals surface area contributed by atoms with Gasteiger partial charge in [-0.1, -0.05) is 23.7 Å². The minimum atomic E-state index is -0.112. The summed E-state index contributed by atoms with van der Waals surface area (Å²) in [4.78, 5) is 17.5. The number of hydrogen-bond acceptors (Lipinski definition) is 2. The van der Waals surface area contributed by atoms with Crippen LogP contribution in [0.1, 0.15) is 55.3 Å². The van der Waals surface area contributed by atoms with Crippen LogP contribution < -0.4 is 5.56 Å². The lowest BCUT2D eigenvalue weighted by molar-refractivity contribution is -0.00518. The maximum atomic E-state index is 12.9. The number of aromatic nitrogens is 2. The number of nitrogens with one attached hydrogen (secondary N) is 1. The molecule has 5 heteroatoms. The van der Waals surface area contributed by atoms with Gasteiger partial charge in [0.15, 0.2) is 0 Å². The van der Waals surface area contributed by atoms with E-state index >= 15 is 0 Å². The van der Waals surface area contributed by atoms with Crippen LogP contribution in [0.3, 0.4) is 0 Å². The number of rotatable bonds is 4. The number of aryl methyl sites for hydroxylation is 1. The highest BCUT2D eigenvalue weighted by Crippen LogP contribution is 2.60. The van der Waals surface area contributed by atoms with Crippen LogP contribution in [-0.4, -0.2) is 16.0 Å². The number of hydrogen-bond donors (Lipinski definition) is 1. The van der Waals surface area contributed by atoms with E-state index in [2.05, 4.69) is 34.4 Å². The van der Waals surface area contributed by atoms with Gasteiger partial charge in [-0.2, -0.15) is 0 Å². The molecule has 4 bridgehead atoms. The van der Waals surface area contributed by atoms with Crippen molar-refractivity contribution >= 4 is 23.5 Å². The molecule has 4 nitrogen and oxygen atoms in total. The van der Waals surface area contributed by atoms with Gasteiger partial charge in [-0.15, -0.1) is 0 Å².